The first-order valence-corrected chi connectivity index (χ1v) is 10.0. The molecule has 30 heavy (non-hydrogen) atoms. The van der Waals surface area contributed by atoms with E-state index in [1.165, 1.54) is 11.8 Å². The fourth-order valence-electron chi connectivity index (χ4n) is 3.61. The molecule has 2 aromatic carbocycles. The summed E-state index contributed by atoms with van der Waals surface area (Å²) in [5.74, 6) is 1.67. The molecule has 6 heteroatoms. The molecule has 6 nitrogen and oxygen atoms in total. The summed E-state index contributed by atoms with van der Waals surface area (Å²) in [5.41, 5.74) is 4.22. The lowest BCUT2D eigenvalue weighted by Crippen LogP contribution is -2.29. The molecule has 0 bridgehead atoms. The van der Waals surface area contributed by atoms with Gasteiger partial charge >= 0.3 is 0 Å². The predicted molar refractivity (Wildman–Crippen MR) is 116 cm³/mol. The van der Waals surface area contributed by atoms with Crippen LogP contribution in [0.4, 0.5) is 0 Å². The second-order valence-corrected chi connectivity index (χ2v) is 7.40. The third kappa shape index (κ3) is 4.08. The van der Waals surface area contributed by atoms with Crippen LogP contribution in [-0.4, -0.2) is 22.1 Å². The molecular weight excluding hydrogens is 378 g/mol. The number of carbonyl (C=O) groups excluding carboxylic acids is 1. The first-order valence-electron chi connectivity index (χ1n) is 10.0. The van der Waals surface area contributed by atoms with E-state index in [0.29, 0.717) is 13.2 Å². The van der Waals surface area contributed by atoms with E-state index in [9.17, 15) is 4.79 Å². The van der Waals surface area contributed by atoms with Crippen LogP contribution in [0.15, 0.2) is 65.3 Å². The zero-order valence-corrected chi connectivity index (χ0v) is 17.4. The second kappa shape index (κ2) is 8.45. The zero-order valence-electron chi connectivity index (χ0n) is 17.4. The number of fused-ring (bicyclic) bond motifs is 1. The number of amides is 1. The van der Waals surface area contributed by atoms with Gasteiger partial charge in [0.25, 0.3) is 5.91 Å². The average molecular weight is 403 g/mol. The normalized spacial score (nSPS) is 12.1. The van der Waals surface area contributed by atoms with Crippen molar-refractivity contribution in [1.29, 1.82) is 0 Å². The van der Waals surface area contributed by atoms with E-state index in [1.54, 1.807) is 12.1 Å². The minimum atomic E-state index is -0.295. The van der Waals surface area contributed by atoms with Crippen molar-refractivity contribution < 1.29 is 13.9 Å². The summed E-state index contributed by atoms with van der Waals surface area (Å²) in [4.78, 5) is 17.2. The standard InChI is InChI=1S/C24H25N3O3/c1-16-10-11-21(17(2)15-16)30-14-12-27-20-8-5-4-7-19(20)26-23(27)18(3)25-24(28)22-9-6-13-29-22/h4-11,13,15,18H,12,14H2,1-3H3,(H,25,28)/t18-/m0/s1. The van der Waals surface area contributed by atoms with Gasteiger partial charge in [-0.25, -0.2) is 4.98 Å². The predicted octanol–water partition coefficient (Wildman–Crippen LogP) is 4.82. The molecule has 4 rings (SSSR count). The number of carbonyl (C=O) groups is 1. The molecule has 1 N–H and O–H groups in total. The molecule has 0 saturated carbocycles. The SMILES string of the molecule is Cc1ccc(OCCn2c([C@H](C)NC(=O)c3ccco3)nc3ccccc32)c(C)c1. The van der Waals surface area contributed by atoms with E-state index in [0.717, 1.165) is 28.2 Å². The molecule has 4 aromatic rings. The largest absolute Gasteiger partial charge is 0.491 e. The molecule has 0 saturated heterocycles. The minimum absolute atomic E-state index is 0.266. The highest BCUT2D eigenvalue weighted by Gasteiger charge is 2.20. The number of aryl methyl sites for hydroxylation is 2. The number of ether oxygens (including phenoxy) is 1. The summed E-state index contributed by atoms with van der Waals surface area (Å²) in [5, 5.41) is 2.97. The maximum atomic E-state index is 12.4. The molecule has 0 spiro atoms. The van der Waals surface area contributed by atoms with Crippen molar-refractivity contribution in [3.63, 3.8) is 0 Å². The van der Waals surface area contributed by atoms with E-state index < -0.39 is 0 Å². The molecule has 2 heterocycles. The summed E-state index contributed by atoms with van der Waals surface area (Å²) >= 11 is 0. The molecule has 154 valence electrons. The number of furan rings is 1. The number of benzene rings is 2. The first kappa shape index (κ1) is 19.8. The van der Waals surface area contributed by atoms with Crippen molar-refractivity contribution in [2.45, 2.75) is 33.4 Å². The molecule has 0 fully saturated rings. The van der Waals surface area contributed by atoms with Gasteiger partial charge in [0.15, 0.2) is 5.76 Å². The van der Waals surface area contributed by atoms with Crippen LogP contribution in [0.25, 0.3) is 11.0 Å². The maximum Gasteiger partial charge on any atom is 0.287 e. The van der Waals surface area contributed by atoms with Gasteiger partial charge in [-0.2, -0.15) is 0 Å². The van der Waals surface area contributed by atoms with Gasteiger partial charge in [-0.15, -0.1) is 0 Å². The molecule has 0 radical (unpaired) electrons. The van der Waals surface area contributed by atoms with E-state index in [-0.39, 0.29) is 17.7 Å². The first-order chi connectivity index (χ1) is 14.5. The monoisotopic (exact) mass is 403 g/mol. The van der Waals surface area contributed by atoms with Crippen LogP contribution < -0.4 is 10.1 Å². The Balaban J connectivity index is 1.54. The zero-order chi connectivity index (χ0) is 21.1. The molecule has 1 amide bonds. The van der Waals surface area contributed by atoms with Crippen LogP contribution >= 0.6 is 0 Å². The van der Waals surface area contributed by atoms with Crippen LogP contribution in [0, 0.1) is 13.8 Å². The number of hydrogen-bond donors (Lipinski definition) is 1. The van der Waals surface area contributed by atoms with Crippen LogP contribution in [0.1, 0.15) is 40.5 Å². The van der Waals surface area contributed by atoms with Gasteiger partial charge in [-0.1, -0.05) is 29.8 Å². The van der Waals surface area contributed by atoms with Gasteiger partial charge in [0.1, 0.15) is 18.2 Å². The summed E-state index contributed by atoms with van der Waals surface area (Å²) in [6, 6.07) is 17.2. The fourth-order valence-corrected chi connectivity index (χ4v) is 3.61. The minimum Gasteiger partial charge on any atom is -0.491 e. The highest BCUT2D eigenvalue weighted by Crippen LogP contribution is 2.22. The lowest BCUT2D eigenvalue weighted by molar-refractivity contribution is 0.0909. The van der Waals surface area contributed by atoms with E-state index in [1.807, 2.05) is 50.2 Å². The van der Waals surface area contributed by atoms with Crippen molar-refractivity contribution in [2.24, 2.45) is 0 Å². The molecule has 0 unspecified atom stereocenters. The molecule has 1 atom stereocenters. The van der Waals surface area contributed by atoms with Gasteiger partial charge in [-0.05, 0) is 56.7 Å². The Morgan fingerprint density at radius 1 is 1.17 bits per heavy atom. The smallest absolute Gasteiger partial charge is 0.287 e. The Kier molecular flexibility index (Phi) is 5.57. The van der Waals surface area contributed by atoms with Crippen molar-refractivity contribution in [2.75, 3.05) is 6.61 Å². The van der Waals surface area contributed by atoms with Crippen molar-refractivity contribution in [1.82, 2.24) is 14.9 Å². The lowest BCUT2D eigenvalue weighted by atomic mass is 10.1. The number of nitrogens with zero attached hydrogens (tertiary/aromatic N) is 2. The average Bonchev–Trinajstić information content (AvgIpc) is 3.38. The number of hydrogen-bond acceptors (Lipinski definition) is 4. The van der Waals surface area contributed by atoms with Crippen LogP contribution in [0.5, 0.6) is 5.75 Å². The Morgan fingerprint density at radius 3 is 2.77 bits per heavy atom. The van der Waals surface area contributed by atoms with Gasteiger partial charge in [-0.3, -0.25) is 4.79 Å². The number of imidazole rings is 1. The van der Waals surface area contributed by atoms with E-state index in [4.69, 9.17) is 14.1 Å². The van der Waals surface area contributed by atoms with Crippen molar-refractivity contribution >= 4 is 16.9 Å². The Bertz CT molecular complexity index is 1160. The Hall–Kier alpha value is -3.54. The van der Waals surface area contributed by atoms with Gasteiger partial charge < -0.3 is 19.0 Å². The Morgan fingerprint density at radius 2 is 2.00 bits per heavy atom. The summed E-state index contributed by atoms with van der Waals surface area (Å²) < 4.78 is 13.3. The van der Waals surface area contributed by atoms with Gasteiger partial charge in [0.05, 0.1) is 29.9 Å². The van der Waals surface area contributed by atoms with Gasteiger partial charge in [0.2, 0.25) is 0 Å². The molecule has 0 aliphatic heterocycles. The number of para-hydroxylation sites is 2. The third-order valence-corrected chi connectivity index (χ3v) is 5.07. The quantitative estimate of drug-likeness (QED) is 0.480. The Labute approximate surface area is 175 Å². The third-order valence-electron chi connectivity index (χ3n) is 5.07. The highest BCUT2D eigenvalue weighted by atomic mass is 16.5. The topological polar surface area (TPSA) is 69.3 Å². The molecular formula is C24H25N3O3. The highest BCUT2D eigenvalue weighted by molar-refractivity contribution is 5.91. The van der Waals surface area contributed by atoms with E-state index >= 15 is 0 Å². The lowest BCUT2D eigenvalue weighted by Gasteiger charge is -2.16. The summed E-state index contributed by atoms with van der Waals surface area (Å²) in [6.45, 7) is 7.15. The fraction of sp³-hybridized carbons (Fsp3) is 0.250. The number of nitrogens with one attached hydrogen (secondary N) is 1. The summed E-state index contributed by atoms with van der Waals surface area (Å²) in [7, 11) is 0. The van der Waals surface area contributed by atoms with Crippen molar-refractivity contribution in [3.8, 4) is 5.75 Å². The number of aromatic nitrogens is 2. The van der Waals surface area contributed by atoms with Crippen LogP contribution in [0.3, 0.4) is 0 Å². The second-order valence-electron chi connectivity index (χ2n) is 7.40. The van der Waals surface area contributed by atoms with Crippen LogP contribution in [-0.2, 0) is 6.54 Å². The molecule has 0 aliphatic rings. The maximum absolute atomic E-state index is 12.4. The van der Waals surface area contributed by atoms with Gasteiger partial charge in [0, 0.05) is 0 Å². The van der Waals surface area contributed by atoms with Crippen LogP contribution in [0.2, 0.25) is 0 Å². The molecule has 2 aromatic heterocycles. The van der Waals surface area contributed by atoms with Crippen molar-refractivity contribution in [3.05, 3.63) is 83.6 Å². The molecule has 0 aliphatic carbocycles. The summed E-state index contributed by atoms with van der Waals surface area (Å²) in [6.07, 6.45) is 1.49. The number of rotatable bonds is 7. The van der Waals surface area contributed by atoms with E-state index in [2.05, 4.69) is 22.9 Å².